The van der Waals surface area contributed by atoms with Gasteiger partial charge < -0.3 is 15.0 Å². The summed E-state index contributed by atoms with van der Waals surface area (Å²) in [6, 6.07) is 4.04. The van der Waals surface area contributed by atoms with Gasteiger partial charge in [0.1, 0.15) is 18.8 Å². The number of anilines is 1. The molecule has 0 atom stereocenters. The molecule has 0 aliphatic rings. The molecule has 0 radical (unpaired) electrons. The maximum Gasteiger partial charge on any atom is 0.257 e. The van der Waals surface area contributed by atoms with Gasteiger partial charge in [0.2, 0.25) is 0 Å². The Bertz CT molecular complexity index is 595. The van der Waals surface area contributed by atoms with Crippen LogP contribution in [0.4, 0.5) is 5.69 Å². The first-order chi connectivity index (χ1) is 8.79. The summed E-state index contributed by atoms with van der Waals surface area (Å²) in [5.74, 6) is 0.530. The lowest BCUT2D eigenvalue weighted by molar-refractivity contribution is -0.870. The van der Waals surface area contributed by atoms with Gasteiger partial charge in [0.15, 0.2) is 0 Å². The SMILES string of the molecule is Cc1ccc2c(N)c(OCC[N+](C)(C)C)nn2c1C. The van der Waals surface area contributed by atoms with Gasteiger partial charge in [-0.2, -0.15) is 0 Å². The highest BCUT2D eigenvalue weighted by molar-refractivity contribution is 5.75. The fraction of sp³-hybridized carbons (Fsp3) is 0.500. The molecule has 5 nitrogen and oxygen atoms in total. The van der Waals surface area contributed by atoms with Gasteiger partial charge in [-0.15, -0.1) is 5.10 Å². The maximum absolute atomic E-state index is 6.09. The molecule has 19 heavy (non-hydrogen) atoms. The molecule has 0 saturated carbocycles. The van der Waals surface area contributed by atoms with Crippen molar-refractivity contribution in [1.29, 1.82) is 0 Å². The van der Waals surface area contributed by atoms with Crippen LogP contribution in [0.1, 0.15) is 11.3 Å². The number of nitrogens with zero attached hydrogens (tertiary/aromatic N) is 3. The minimum absolute atomic E-state index is 0.530. The summed E-state index contributed by atoms with van der Waals surface area (Å²) in [7, 11) is 6.39. The van der Waals surface area contributed by atoms with E-state index in [0.29, 0.717) is 18.2 Å². The van der Waals surface area contributed by atoms with Crippen LogP contribution in [-0.2, 0) is 0 Å². The lowest BCUT2D eigenvalue weighted by Crippen LogP contribution is -2.38. The number of fused-ring (bicyclic) bond motifs is 1. The molecular weight excluding hydrogens is 240 g/mol. The summed E-state index contributed by atoms with van der Waals surface area (Å²) < 4.78 is 8.43. The number of hydrogen-bond donors (Lipinski definition) is 1. The quantitative estimate of drug-likeness (QED) is 0.853. The molecule has 0 amide bonds. The Kier molecular flexibility index (Phi) is 3.41. The second-order valence-corrected chi connectivity index (χ2v) is 5.98. The van der Waals surface area contributed by atoms with Crippen LogP contribution in [0.2, 0.25) is 0 Å². The smallest absolute Gasteiger partial charge is 0.257 e. The fourth-order valence-corrected chi connectivity index (χ4v) is 1.85. The number of nitrogen functional groups attached to an aromatic ring is 1. The minimum Gasteiger partial charge on any atom is -0.469 e. The molecule has 0 aromatic carbocycles. The molecule has 2 aromatic rings. The third-order valence-electron chi connectivity index (χ3n) is 3.31. The third kappa shape index (κ3) is 2.81. The Morgan fingerprint density at radius 1 is 1.26 bits per heavy atom. The van der Waals surface area contributed by atoms with E-state index in [4.69, 9.17) is 10.5 Å². The van der Waals surface area contributed by atoms with Gasteiger partial charge in [-0.25, -0.2) is 4.52 Å². The third-order valence-corrected chi connectivity index (χ3v) is 3.31. The standard InChI is InChI=1S/C14H23N4O/c1-10-6-7-12-13(15)14(16-17(12)11(10)2)19-9-8-18(3,4)5/h6-7H,8-9,15H2,1-5H3/q+1. The monoisotopic (exact) mass is 263 g/mol. The molecule has 0 saturated heterocycles. The Balaban J connectivity index is 2.25. The molecule has 5 heteroatoms. The van der Waals surface area contributed by atoms with Gasteiger partial charge in [0, 0.05) is 5.69 Å². The van der Waals surface area contributed by atoms with Crippen LogP contribution < -0.4 is 10.5 Å². The zero-order valence-electron chi connectivity index (χ0n) is 12.4. The summed E-state index contributed by atoms with van der Waals surface area (Å²) >= 11 is 0. The molecule has 0 bridgehead atoms. The molecule has 0 spiro atoms. The summed E-state index contributed by atoms with van der Waals surface area (Å²) in [5.41, 5.74) is 9.89. The Labute approximate surface area is 114 Å². The predicted molar refractivity (Wildman–Crippen MR) is 77.5 cm³/mol. The summed E-state index contributed by atoms with van der Waals surface area (Å²) in [6.45, 7) is 5.61. The zero-order chi connectivity index (χ0) is 14.2. The number of aromatic nitrogens is 2. The first-order valence-corrected chi connectivity index (χ1v) is 6.47. The first-order valence-electron chi connectivity index (χ1n) is 6.47. The topological polar surface area (TPSA) is 52.5 Å². The van der Waals surface area contributed by atoms with Crippen molar-refractivity contribution in [3.63, 3.8) is 0 Å². The van der Waals surface area contributed by atoms with Crippen molar-refractivity contribution in [1.82, 2.24) is 9.61 Å². The lowest BCUT2D eigenvalue weighted by Gasteiger charge is -2.23. The lowest BCUT2D eigenvalue weighted by atomic mass is 10.2. The van der Waals surface area contributed by atoms with E-state index in [0.717, 1.165) is 22.2 Å². The molecular formula is C14H23N4O+. The van der Waals surface area contributed by atoms with Crippen molar-refractivity contribution in [2.24, 2.45) is 0 Å². The summed E-state index contributed by atoms with van der Waals surface area (Å²) in [5, 5.41) is 4.45. The number of likely N-dealkylation sites (N-methyl/N-ethyl adjacent to an activating group) is 1. The van der Waals surface area contributed by atoms with E-state index in [1.54, 1.807) is 0 Å². The number of pyridine rings is 1. The van der Waals surface area contributed by atoms with E-state index in [9.17, 15) is 0 Å². The highest BCUT2D eigenvalue weighted by Gasteiger charge is 2.14. The second kappa shape index (κ2) is 4.74. The van der Waals surface area contributed by atoms with Gasteiger partial charge in [-0.1, -0.05) is 6.07 Å². The van der Waals surface area contributed by atoms with Crippen LogP contribution in [0, 0.1) is 13.8 Å². The normalized spacial score (nSPS) is 12.1. The van der Waals surface area contributed by atoms with E-state index in [2.05, 4.69) is 39.2 Å². The highest BCUT2D eigenvalue weighted by atomic mass is 16.5. The number of ether oxygens (including phenoxy) is 1. The number of hydrogen-bond acceptors (Lipinski definition) is 3. The van der Waals surface area contributed by atoms with Gasteiger partial charge in [0.25, 0.3) is 5.88 Å². The largest absolute Gasteiger partial charge is 0.469 e. The molecule has 0 aliphatic carbocycles. The van der Waals surface area contributed by atoms with Gasteiger partial charge in [0.05, 0.1) is 26.7 Å². The number of quaternary nitrogens is 1. The van der Waals surface area contributed by atoms with Crippen molar-refractivity contribution >= 4 is 11.2 Å². The van der Waals surface area contributed by atoms with Crippen molar-refractivity contribution in [3.8, 4) is 5.88 Å². The highest BCUT2D eigenvalue weighted by Crippen LogP contribution is 2.27. The number of aryl methyl sites for hydroxylation is 2. The number of nitrogens with two attached hydrogens (primary N) is 1. The maximum atomic E-state index is 6.09. The molecule has 0 aliphatic heterocycles. The second-order valence-electron chi connectivity index (χ2n) is 5.98. The molecule has 0 unspecified atom stereocenters. The van der Waals surface area contributed by atoms with Crippen LogP contribution in [0.3, 0.4) is 0 Å². The van der Waals surface area contributed by atoms with Crippen LogP contribution in [0.25, 0.3) is 5.52 Å². The Hall–Kier alpha value is -1.75. The zero-order valence-corrected chi connectivity index (χ0v) is 12.4. The van der Waals surface area contributed by atoms with E-state index >= 15 is 0 Å². The van der Waals surface area contributed by atoms with Gasteiger partial charge >= 0.3 is 0 Å². The van der Waals surface area contributed by atoms with Crippen molar-refractivity contribution in [3.05, 3.63) is 23.4 Å². The Morgan fingerprint density at radius 3 is 2.58 bits per heavy atom. The van der Waals surface area contributed by atoms with Gasteiger partial charge in [-0.3, -0.25) is 0 Å². The molecule has 0 fully saturated rings. The molecule has 2 heterocycles. The van der Waals surface area contributed by atoms with E-state index in [-0.39, 0.29) is 0 Å². The van der Waals surface area contributed by atoms with Crippen LogP contribution >= 0.6 is 0 Å². The number of rotatable bonds is 4. The van der Waals surface area contributed by atoms with E-state index in [1.165, 1.54) is 5.56 Å². The average Bonchev–Trinajstić information content (AvgIpc) is 2.61. The summed E-state index contributed by atoms with van der Waals surface area (Å²) in [4.78, 5) is 0. The van der Waals surface area contributed by atoms with Crippen LogP contribution in [0.15, 0.2) is 12.1 Å². The molecule has 2 aromatic heterocycles. The first kappa shape index (κ1) is 13.7. The van der Waals surface area contributed by atoms with Crippen molar-refractivity contribution in [2.45, 2.75) is 13.8 Å². The van der Waals surface area contributed by atoms with Crippen LogP contribution in [0.5, 0.6) is 5.88 Å². The van der Waals surface area contributed by atoms with E-state index < -0.39 is 0 Å². The fourth-order valence-electron chi connectivity index (χ4n) is 1.85. The van der Waals surface area contributed by atoms with Crippen molar-refractivity contribution < 1.29 is 9.22 Å². The molecule has 2 N–H and O–H groups in total. The summed E-state index contributed by atoms with van der Waals surface area (Å²) in [6.07, 6.45) is 0. The predicted octanol–water partition coefficient (Wildman–Crippen LogP) is 1.62. The van der Waals surface area contributed by atoms with Gasteiger partial charge in [-0.05, 0) is 25.5 Å². The van der Waals surface area contributed by atoms with E-state index in [1.807, 2.05) is 17.5 Å². The molecule has 2 rings (SSSR count). The Morgan fingerprint density at radius 2 is 1.95 bits per heavy atom. The molecule has 104 valence electrons. The minimum atomic E-state index is 0.530. The van der Waals surface area contributed by atoms with Crippen molar-refractivity contribution in [2.75, 3.05) is 40.0 Å². The van der Waals surface area contributed by atoms with Crippen LogP contribution in [-0.4, -0.2) is 48.4 Å². The average molecular weight is 263 g/mol.